The van der Waals surface area contributed by atoms with Gasteiger partial charge in [-0.05, 0) is 73.7 Å². The largest absolute Gasteiger partial charge is 0.371 e. The molecular weight excluding hydrogens is 695 g/mol. The quantitative estimate of drug-likeness (QED) is 0.239. The van der Waals surface area contributed by atoms with E-state index in [1.165, 1.54) is 5.69 Å². The minimum absolute atomic E-state index is 0.0701. The maximum atomic E-state index is 13.2. The fourth-order valence-electron chi connectivity index (χ4n) is 8.93. The third kappa shape index (κ3) is 6.60. The minimum Gasteiger partial charge on any atom is -0.371 e. The number of benzene rings is 2. The van der Waals surface area contributed by atoms with Gasteiger partial charge in [-0.1, -0.05) is 12.1 Å². The first-order chi connectivity index (χ1) is 26.7. The number of hydrogen-bond acceptors (Lipinski definition) is 8. The summed E-state index contributed by atoms with van der Waals surface area (Å²) in [5.41, 5.74) is 9.32. The first kappa shape index (κ1) is 35.0. The van der Waals surface area contributed by atoms with Gasteiger partial charge < -0.3 is 19.7 Å². The van der Waals surface area contributed by atoms with Gasteiger partial charge in [0.05, 0.1) is 22.3 Å². The maximum absolute atomic E-state index is 13.2. The van der Waals surface area contributed by atoms with Crippen LogP contribution < -0.4 is 20.8 Å². The van der Waals surface area contributed by atoms with Gasteiger partial charge >= 0.3 is 5.69 Å². The summed E-state index contributed by atoms with van der Waals surface area (Å²) < 4.78 is 3.15. The Morgan fingerprint density at radius 2 is 1.47 bits per heavy atom. The molecule has 2 aromatic carbocycles. The minimum atomic E-state index is -0.677. The molecule has 1 atom stereocenters. The van der Waals surface area contributed by atoms with Gasteiger partial charge in [-0.15, -0.1) is 0 Å². The van der Waals surface area contributed by atoms with Gasteiger partial charge in [0.1, 0.15) is 6.04 Å². The summed E-state index contributed by atoms with van der Waals surface area (Å²) >= 11 is 0. The molecule has 3 amide bonds. The fourth-order valence-corrected chi connectivity index (χ4v) is 8.93. The number of aromatic nitrogens is 4. The molecule has 1 unspecified atom stereocenters. The zero-order valence-corrected chi connectivity index (χ0v) is 31.5. The molecule has 3 aromatic heterocycles. The molecule has 55 heavy (non-hydrogen) atoms. The highest BCUT2D eigenvalue weighted by Gasteiger charge is 2.32. The standard InChI is InChI=1S/C42H47N9O4/c1-46-16-14-33-32(41(46)54)25-35(44-33)29-11-15-43-34(23-29)28-3-5-30(6-4-28)50-21-19-48(20-22-50)26-27-12-17-49(18-13-27)31-7-8-36-38(24-31)47(2)42(55)51(36)37-9-10-39(52)45-40(37)53/h3-8,11,15,23-25,27,37,44H,9-10,12-14,16-22,26H2,1-2H3,(H,45,52,53). The Kier molecular flexibility index (Phi) is 9.04. The van der Waals surface area contributed by atoms with Gasteiger partial charge in [0.15, 0.2) is 0 Å². The molecule has 0 spiro atoms. The highest BCUT2D eigenvalue weighted by molar-refractivity contribution is 6.00. The van der Waals surface area contributed by atoms with Crippen molar-refractivity contribution < 1.29 is 14.4 Å². The molecule has 284 valence electrons. The van der Waals surface area contributed by atoms with Crippen molar-refractivity contribution in [3.05, 3.63) is 88.6 Å². The number of nitrogens with one attached hydrogen (secondary N) is 2. The molecule has 2 N–H and O–H groups in total. The number of hydrogen-bond donors (Lipinski definition) is 2. The number of aryl methyl sites for hydroxylation is 1. The third-order valence-corrected chi connectivity index (χ3v) is 12.2. The molecule has 0 aliphatic carbocycles. The fraction of sp³-hybridized carbons (Fsp3) is 0.405. The van der Waals surface area contributed by atoms with E-state index in [0.717, 1.165) is 122 Å². The van der Waals surface area contributed by atoms with E-state index < -0.39 is 11.9 Å². The van der Waals surface area contributed by atoms with Crippen molar-refractivity contribution in [2.75, 3.05) is 69.2 Å². The Hall–Kier alpha value is -5.69. The topological polar surface area (TPSA) is 132 Å². The number of pyridine rings is 1. The Morgan fingerprint density at radius 3 is 2.24 bits per heavy atom. The molecule has 13 nitrogen and oxygen atoms in total. The summed E-state index contributed by atoms with van der Waals surface area (Å²) in [5.74, 6) is 0.0123. The van der Waals surface area contributed by atoms with Crippen molar-refractivity contribution >= 4 is 40.1 Å². The van der Waals surface area contributed by atoms with Gasteiger partial charge in [-0.3, -0.25) is 38.7 Å². The predicted molar refractivity (Wildman–Crippen MR) is 212 cm³/mol. The number of imide groups is 1. The number of aromatic amines is 1. The Balaban J connectivity index is 0.777. The average molecular weight is 742 g/mol. The lowest BCUT2D eigenvalue weighted by Crippen LogP contribution is -2.49. The number of nitrogens with zero attached hydrogens (tertiary/aromatic N) is 7. The van der Waals surface area contributed by atoms with Gasteiger partial charge in [0, 0.05) is 119 Å². The van der Waals surface area contributed by atoms with Gasteiger partial charge in [-0.2, -0.15) is 0 Å². The Labute approximate surface area is 319 Å². The Bertz CT molecular complexity index is 2340. The highest BCUT2D eigenvalue weighted by Crippen LogP contribution is 2.31. The number of amides is 3. The monoisotopic (exact) mass is 741 g/mol. The van der Waals surface area contributed by atoms with Crippen LogP contribution in [0.1, 0.15) is 47.8 Å². The molecule has 7 heterocycles. The van der Waals surface area contributed by atoms with Crippen LogP contribution in [0.25, 0.3) is 33.5 Å². The second-order valence-corrected chi connectivity index (χ2v) is 15.6. The van der Waals surface area contributed by atoms with Crippen LogP contribution in [0.4, 0.5) is 11.4 Å². The van der Waals surface area contributed by atoms with E-state index in [0.29, 0.717) is 12.3 Å². The predicted octanol–water partition coefficient (Wildman–Crippen LogP) is 4.04. The summed E-state index contributed by atoms with van der Waals surface area (Å²) in [4.78, 5) is 67.5. The SMILES string of the molecule is CN1CCc2[nH]c(-c3ccnc(-c4ccc(N5CCN(CC6CCN(c7ccc8c(c7)n(C)c(=O)n8C7CCC(=O)NC7=O)CC6)CC5)cc4)c3)cc2C1=O. The molecule has 13 heteroatoms. The molecule has 5 aromatic rings. The number of piperazine rings is 1. The average Bonchev–Trinajstić information content (AvgIpc) is 3.76. The van der Waals surface area contributed by atoms with Crippen LogP contribution in [0.2, 0.25) is 0 Å². The number of piperidine rings is 2. The van der Waals surface area contributed by atoms with E-state index in [4.69, 9.17) is 0 Å². The number of rotatable bonds is 7. The number of anilines is 2. The number of H-pyrrole nitrogens is 1. The van der Waals surface area contributed by atoms with Crippen LogP contribution in [0.5, 0.6) is 0 Å². The number of carbonyl (C=O) groups excluding carboxylic acids is 3. The lowest BCUT2D eigenvalue weighted by molar-refractivity contribution is -0.135. The number of carbonyl (C=O) groups is 3. The maximum Gasteiger partial charge on any atom is 0.329 e. The van der Waals surface area contributed by atoms with E-state index in [-0.39, 0.29) is 23.9 Å². The van der Waals surface area contributed by atoms with E-state index in [1.807, 2.05) is 31.4 Å². The van der Waals surface area contributed by atoms with E-state index in [9.17, 15) is 19.2 Å². The summed E-state index contributed by atoms with van der Waals surface area (Å²) in [6.45, 7) is 7.84. The molecule has 9 rings (SSSR count). The van der Waals surface area contributed by atoms with Gasteiger partial charge in [0.2, 0.25) is 11.8 Å². The second-order valence-electron chi connectivity index (χ2n) is 15.6. The molecule has 0 bridgehead atoms. The third-order valence-electron chi connectivity index (χ3n) is 12.2. The van der Waals surface area contributed by atoms with Crippen LogP contribution in [0, 0.1) is 5.92 Å². The molecular formula is C42H47N9O4. The number of fused-ring (bicyclic) bond motifs is 2. The van der Waals surface area contributed by atoms with Crippen molar-refractivity contribution in [2.45, 2.75) is 38.1 Å². The van der Waals surface area contributed by atoms with Crippen molar-refractivity contribution in [3.63, 3.8) is 0 Å². The van der Waals surface area contributed by atoms with Crippen molar-refractivity contribution in [1.29, 1.82) is 0 Å². The molecule has 4 aliphatic heterocycles. The van der Waals surface area contributed by atoms with Crippen molar-refractivity contribution in [3.8, 4) is 22.5 Å². The first-order valence-corrected chi connectivity index (χ1v) is 19.5. The molecule has 0 radical (unpaired) electrons. The van der Waals surface area contributed by atoms with Crippen molar-refractivity contribution in [1.82, 2.24) is 34.2 Å². The summed E-state index contributed by atoms with van der Waals surface area (Å²) in [5, 5.41) is 2.38. The zero-order chi connectivity index (χ0) is 37.8. The van der Waals surface area contributed by atoms with E-state index >= 15 is 0 Å². The van der Waals surface area contributed by atoms with Crippen LogP contribution in [-0.2, 0) is 23.1 Å². The highest BCUT2D eigenvalue weighted by atomic mass is 16.2. The smallest absolute Gasteiger partial charge is 0.329 e. The second kappa shape index (κ2) is 14.2. The normalized spacial score (nSPS) is 20.0. The number of imidazole rings is 1. The summed E-state index contributed by atoms with van der Waals surface area (Å²) in [6.07, 6.45) is 5.47. The van der Waals surface area contributed by atoms with Gasteiger partial charge in [0.25, 0.3) is 5.91 Å². The van der Waals surface area contributed by atoms with Crippen LogP contribution in [-0.4, -0.2) is 106 Å². The molecule has 3 fully saturated rings. The lowest BCUT2D eigenvalue weighted by Gasteiger charge is -2.40. The molecule has 4 aliphatic rings. The molecule has 3 saturated heterocycles. The van der Waals surface area contributed by atoms with Crippen LogP contribution in [0.15, 0.2) is 71.7 Å². The summed E-state index contributed by atoms with van der Waals surface area (Å²) in [7, 11) is 3.60. The zero-order valence-electron chi connectivity index (χ0n) is 31.5. The Morgan fingerprint density at radius 1 is 0.727 bits per heavy atom. The van der Waals surface area contributed by atoms with Crippen LogP contribution >= 0.6 is 0 Å². The van der Waals surface area contributed by atoms with Crippen LogP contribution in [0.3, 0.4) is 0 Å². The van der Waals surface area contributed by atoms with Gasteiger partial charge in [-0.25, -0.2) is 4.79 Å². The lowest BCUT2D eigenvalue weighted by atomic mass is 9.95. The summed E-state index contributed by atoms with van der Waals surface area (Å²) in [6, 6.07) is 20.2. The number of likely N-dealkylation sites (N-methyl/N-ethyl adjacent to an activating group) is 1. The van der Waals surface area contributed by atoms with E-state index in [1.54, 1.807) is 21.1 Å². The van der Waals surface area contributed by atoms with Crippen molar-refractivity contribution in [2.24, 2.45) is 13.0 Å². The molecule has 0 saturated carbocycles. The van der Waals surface area contributed by atoms with E-state index in [2.05, 4.69) is 72.4 Å². The first-order valence-electron chi connectivity index (χ1n) is 19.5.